The van der Waals surface area contributed by atoms with Gasteiger partial charge in [-0.3, -0.25) is 0 Å². The van der Waals surface area contributed by atoms with Crippen molar-refractivity contribution in [1.82, 2.24) is 0 Å². The van der Waals surface area contributed by atoms with E-state index in [9.17, 15) is 0 Å². The summed E-state index contributed by atoms with van der Waals surface area (Å²) in [6.07, 6.45) is 11.9. The van der Waals surface area contributed by atoms with Gasteiger partial charge in [0.25, 0.3) is 0 Å². The van der Waals surface area contributed by atoms with Crippen LogP contribution in [0.4, 0.5) is 0 Å². The molecule has 0 nitrogen and oxygen atoms in total. The Bertz CT molecular complexity index is 553. The molecule has 0 amide bonds. The Morgan fingerprint density at radius 3 is 2.57 bits per heavy atom. The van der Waals surface area contributed by atoms with Crippen molar-refractivity contribution >= 4 is 0 Å². The molecule has 0 saturated carbocycles. The topological polar surface area (TPSA) is 0 Å². The Morgan fingerprint density at radius 1 is 1.19 bits per heavy atom. The highest BCUT2D eigenvalue weighted by atomic mass is 14.3. The van der Waals surface area contributed by atoms with Crippen LogP contribution in [0.1, 0.15) is 52.5 Å². The third kappa shape index (κ3) is 4.46. The molecule has 0 spiro atoms. The lowest BCUT2D eigenvalue weighted by Gasteiger charge is -2.32. The summed E-state index contributed by atoms with van der Waals surface area (Å²) in [4.78, 5) is 0. The molecule has 1 aromatic carbocycles. The Balaban J connectivity index is 2.06. The number of benzene rings is 1. The normalized spacial score (nSPS) is 19.3. The minimum Gasteiger partial charge on any atom is -0.0772 e. The quantitative estimate of drug-likeness (QED) is 0.571. The van der Waals surface area contributed by atoms with Gasteiger partial charge in [-0.1, -0.05) is 73.6 Å². The van der Waals surface area contributed by atoms with E-state index in [1.165, 1.54) is 30.4 Å². The van der Waals surface area contributed by atoms with Crippen molar-refractivity contribution in [2.75, 3.05) is 0 Å². The third-order valence-corrected chi connectivity index (χ3v) is 4.56. The van der Waals surface area contributed by atoms with Gasteiger partial charge in [0.1, 0.15) is 0 Å². The molecule has 0 heterocycles. The first-order valence-corrected chi connectivity index (χ1v) is 8.08. The minimum atomic E-state index is 0.332. The molecule has 112 valence electrons. The summed E-state index contributed by atoms with van der Waals surface area (Å²) in [6.45, 7) is 9.24. The van der Waals surface area contributed by atoms with Crippen molar-refractivity contribution in [3.05, 3.63) is 70.8 Å². The summed E-state index contributed by atoms with van der Waals surface area (Å²) in [6, 6.07) is 10.6. The van der Waals surface area contributed by atoms with E-state index in [-0.39, 0.29) is 0 Å². The van der Waals surface area contributed by atoms with Crippen LogP contribution in [0.2, 0.25) is 0 Å². The molecule has 0 bridgehead atoms. The lowest BCUT2D eigenvalue weighted by molar-refractivity contribution is 0.377. The zero-order valence-corrected chi connectivity index (χ0v) is 13.9. The minimum absolute atomic E-state index is 0.332. The molecular weight excluding hydrogens is 252 g/mol. The zero-order chi connectivity index (χ0) is 15.3. The van der Waals surface area contributed by atoms with Crippen LogP contribution in [0.15, 0.2) is 65.3 Å². The van der Waals surface area contributed by atoms with E-state index in [1.807, 2.05) is 0 Å². The van der Waals surface area contributed by atoms with Crippen LogP contribution in [-0.4, -0.2) is 0 Å². The number of hydrogen-bond donors (Lipinski definition) is 0. The van der Waals surface area contributed by atoms with Gasteiger partial charge in [-0.25, -0.2) is 0 Å². The fraction of sp³-hybridized carbons (Fsp3) is 0.429. The van der Waals surface area contributed by atoms with Gasteiger partial charge in [0, 0.05) is 0 Å². The Kier molecular flexibility index (Phi) is 5.22. The largest absolute Gasteiger partial charge is 0.0772 e. The molecule has 1 aliphatic rings. The highest BCUT2D eigenvalue weighted by molar-refractivity contribution is 5.36. The van der Waals surface area contributed by atoms with Crippen LogP contribution >= 0.6 is 0 Å². The van der Waals surface area contributed by atoms with E-state index >= 15 is 0 Å². The lowest BCUT2D eigenvalue weighted by atomic mass is 9.72. The summed E-state index contributed by atoms with van der Waals surface area (Å²) in [5.74, 6) is 0. The second kappa shape index (κ2) is 6.93. The molecule has 0 aromatic heterocycles. The SMILES string of the molecule is CC1=C(/C=C/C(C)=C/Cc2ccccc2)C(C)(C)CCC1. The molecule has 2 rings (SSSR count). The van der Waals surface area contributed by atoms with Crippen molar-refractivity contribution in [2.45, 2.75) is 53.4 Å². The summed E-state index contributed by atoms with van der Waals surface area (Å²) >= 11 is 0. The second-order valence-corrected chi connectivity index (χ2v) is 6.90. The van der Waals surface area contributed by atoms with Crippen LogP contribution in [0, 0.1) is 5.41 Å². The van der Waals surface area contributed by atoms with Gasteiger partial charge in [0.15, 0.2) is 0 Å². The lowest BCUT2D eigenvalue weighted by Crippen LogP contribution is -2.19. The van der Waals surface area contributed by atoms with Gasteiger partial charge < -0.3 is 0 Å². The highest BCUT2D eigenvalue weighted by Gasteiger charge is 2.26. The van der Waals surface area contributed by atoms with Crippen molar-refractivity contribution in [2.24, 2.45) is 5.41 Å². The summed E-state index contributed by atoms with van der Waals surface area (Å²) in [7, 11) is 0. The molecule has 0 N–H and O–H groups in total. The molecule has 0 atom stereocenters. The first-order chi connectivity index (χ1) is 9.99. The van der Waals surface area contributed by atoms with Crippen LogP contribution in [0.5, 0.6) is 0 Å². The van der Waals surface area contributed by atoms with Gasteiger partial charge in [0.05, 0.1) is 0 Å². The maximum Gasteiger partial charge on any atom is -0.00917 e. The van der Waals surface area contributed by atoms with Crippen LogP contribution in [0.25, 0.3) is 0 Å². The van der Waals surface area contributed by atoms with E-state index in [1.54, 1.807) is 11.1 Å². The standard InChI is InChI=1S/C21H28/c1-17(12-14-19-10-6-5-7-11-19)13-15-20-18(2)9-8-16-21(20,3)4/h5-7,10-13,15H,8-9,14,16H2,1-4H3/b15-13+,17-12+. The fourth-order valence-electron chi connectivity index (χ4n) is 3.19. The molecular formula is C21H28. The third-order valence-electron chi connectivity index (χ3n) is 4.56. The van der Waals surface area contributed by atoms with E-state index in [0.717, 1.165) is 6.42 Å². The molecule has 0 saturated heterocycles. The fourth-order valence-corrected chi connectivity index (χ4v) is 3.19. The Morgan fingerprint density at radius 2 is 1.90 bits per heavy atom. The smallest absolute Gasteiger partial charge is 0.00917 e. The number of rotatable bonds is 4. The highest BCUT2D eigenvalue weighted by Crippen LogP contribution is 2.40. The van der Waals surface area contributed by atoms with Crippen molar-refractivity contribution in [3.63, 3.8) is 0 Å². The predicted octanol–water partition coefficient (Wildman–Crippen LogP) is 6.26. The monoisotopic (exact) mass is 280 g/mol. The van der Waals surface area contributed by atoms with Gasteiger partial charge >= 0.3 is 0 Å². The van der Waals surface area contributed by atoms with Crippen molar-refractivity contribution in [1.29, 1.82) is 0 Å². The molecule has 0 unspecified atom stereocenters. The van der Waals surface area contributed by atoms with Crippen molar-refractivity contribution in [3.8, 4) is 0 Å². The first-order valence-electron chi connectivity index (χ1n) is 8.08. The van der Waals surface area contributed by atoms with Crippen LogP contribution in [-0.2, 0) is 6.42 Å². The van der Waals surface area contributed by atoms with E-state index in [4.69, 9.17) is 0 Å². The molecule has 21 heavy (non-hydrogen) atoms. The van der Waals surface area contributed by atoms with Gasteiger partial charge in [-0.15, -0.1) is 0 Å². The van der Waals surface area contributed by atoms with E-state index in [0.29, 0.717) is 5.41 Å². The van der Waals surface area contributed by atoms with Gasteiger partial charge in [-0.2, -0.15) is 0 Å². The number of allylic oxidation sites excluding steroid dienone is 6. The maximum absolute atomic E-state index is 2.37. The zero-order valence-electron chi connectivity index (χ0n) is 13.9. The maximum atomic E-state index is 2.37. The molecule has 0 heteroatoms. The van der Waals surface area contributed by atoms with E-state index in [2.05, 4.69) is 76.3 Å². The average molecular weight is 280 g/mol. The molecule has 0 radical (unpaired) electrons. The van der Waals surface area contributed by atoms with Crippen LogP contribution < -0.4 is 0 Å². The summed E-state index contributed by atoms with van der Waals surface area (Å²) < 4.78 is 0. The Labute approximate surface area is 130 Å². The molecule has 1 aliphatic carbocycles. The van der Waals surface area contributed by atoms with Crippen molar-refractivity contribution < 1.29 is 0 Å². The summed E-state index contributed by atoms with van der Waals surface area (Å²) in [5, 5.41) is 0. The number of hydrogen-bond acceptors (Lipinski definition) is 0. The second-order valence-electron chi connectivity index (χ2n) is 6.90. The Hall–Kier alpha value is -1.56. The first kappa shape index (κ1) is 15.8. The molecule has 0 aliphatic heterocycles. The van der Waals surface area contributed by atoms with E-state index < -0.39 is 0 Å². The predicted molar refractivity (Wildman–Crippen MR) is 93.4 cm³/mol. The molecule has 0 fully saturated rings. The summed E-state index contributed by atoms with van der Waals surface area (Å²) in [5.41, 5.74) is 6.16. The van der Waals surface area contributed by atoms with Gasteiger partial charge in [-0.05, 0) is 56.1 Å². The average Bonchev–Trinajstić information content (AvgIpc) is 2.45. The van der Waals surface area contributed by atoms with Gasteiger partial charge in [0.2, 0.25) is 0 Å². The molecule has 1 aromatic rings. The van der Waals surface area contributed by atoms with Crippen LogP contribution in [0.3, 0.4) is 0 Å².